The number of carbonyl (C=O) groups excluding carboxylic acids is 1. The molecule has 1 aromatic carbocycles. The lowest BCUT2D eigenvalue weighted by Gasteiger charge is -2.33. The minimum Gasteiger partial charge on any atom is -0.478 e. The molecule has 7 heteroatoms. The predicted molar refractivity (Wildman–Crippen MR) is 90.4 cm³/mol. The van der Waals surface area contributed by atoms with E-state index in [0.29, 0.717) is 5.70 Å². The third-order valence-electron chi connectivity index (χ3n) is 3.16. The number of hydrogen-bond donors (Lipinski definition) is 2. The molecule has 0 aliphatic carbocycles. The molecule has 24 heavy (non-hydrogen) atoms. The zero-order chi connectivity index (χ0) is 17.7. The first-order valence-corrected chi connectivity index (χ1v) is 7.54. The highest BCUT2D eigenvalue weighted by Gasteiger charge is 2.31. The molecule has 1 aromatic rings. The van der Waals surface area contributed by atoms with Gasteiger partial charge < -0.3 is 14.7 Å². The van der Waals surface area contributed by atoms with Crippen molar-refractivity contribution in [3.63, 3.8) is 0 Å². The van der Waals surface area contributed by atoms with Crippen molar-refractivity contribution >= 4 is 24.0 Å². The van der Waals surface area contributed by atoms with Crippen LogP contribution in [0.1, 0.15) is 26.3 Å². The number of amides is 1. The fraction of sp³-hybridized carbons (Fsp3) is 0.353. The standard InChI is InChI=1S/C17H21N3O4/c1-17(2,3)24-16(23)19-14(15(21)22)20-10-9-18-11-13(20)12-7-5-4-6-8-12/h4-9,11,14H,10H2,1-3H3,(H,19,23)(H,21,22). The van der Waals surface area contributed by atoms with Crippen molar-refractivity contribution in [3.05, 3.63) is 42.1 Å². The molecule has 1 aliphatic heterocycles. The Morgan fingerprint density at radius 2 is 1.96 bits per heavy atom. The average Bonchev–Trinajstić information content (AvgIpc) is 2.51. The molecule has 0 fully saturated rings. The van der Waals surface area contributed by atoms with Gasteiger partial charge in [0, 0.05) is 6.21 Å². The third-order valence-corrected chi connectivity index (χ3v) is 3.16. The van der Waals surface area contributed by atoms with E-state index >= 15 is 0 Å². The van der Waals surface area contributed by atoms with E-state index in [0.717, 1.165) is 5.56 Å². The predicted octanol–water partition coefficient (Wildman–Crippen LogP) is 2.31. The van der Waals surface area contributed by atoms with Gasteiger partial charge in [-0.3, -0.25) is 10.3 Å². The maximum Gasteiger partial charge on any atom is 0.409 e. The molecule has 1 aliphatic rings. The number of benzene rings is 1. The maximum absolute atomic E-state index is 12.0. The van der Waals surface area contributed by atoms with Crippen LogP contribution < -0.4 is 5.32 Å². The second-order valence-electron chi connectivity index (χ2n) is 6.25. The normalized spacial score (nSPS) is 15.5. The van der Waals surface area contributed by atoms with Crippen molar-refractivity contribution in [2.24, 2.45) is 4.99 Å². The van der Waals surface area contributed by atoms with Gasteiger partial charge in [-0.05, 0) is 26.3 Å². The van der Waals surface area contributed by atoms with E-state index < -0.39 is 23.8 Å². The molecule has 128 valence electrons. The molecule has 1 atom stereocenters. The van der Waals surface area contributed by atoms with Gasteiger partial charge in [0.15, 0.2) is 0 Å². The Morgan fingerprint density at radius 3 is 2.54 bits per heavy atom. The molecule has 1 heterocycles. The topological polar surface area (TPSA) is 91.2 Å². The van der Waals surface area contributed by atoms with Gasteiger partial charge in [0.05, 0.1) is 18.4 Å². The molecule has 0 bridgehead atoms. The van der Waals surface area contributed by atoms with Gasteiger partial charge in [-0.25, -0.2) is 9.59 Å². The van der Waals surface area contributed by atoms with Crippen LogP contribution in [0.3, 0.4) is 0 Å². The Kier molecular flexibility index (Phi) is 5.23. The minimum atomic E-state index is -1.27. The fourth-order valence-corrected chi connectivity index (χ4v) is 2.22. The van der Waals surface area contributed by atoms with E-state index in [1.165, 1.54) is 0 Å². The van der Waals surface area contributed by atoms with Crippen LogP contribution in [0.5, 0.6) is 0 Å². The summed E-state index contributed by atoms with van der Waals surface area (Å²) in [7, 11) is 0. The number of carboxylic acid groups (broad SMARTS) is 1. The lowest BCUT2D eigenvalue weighted by Crippen LogP contribution is -2.54. The number of aliphatic carboxylic acids is 1. The summed E-state index contributed by atoms with van der Waals surface area (Å²) >= 11 is 0. The summed E-state index contributed by atoms with van der Waals surface area (Å²) in [6, 6.07) is 9.28. The highest BCUT2D eigenvalue weighted by molar-refractivity contribution is 5.84. The molecular formula is C17H21N3O4. The zero-order valence-electron chi connectivity index (χ0n) is 13.9. The molecule has 1 amide bonds. The summed E-state index contributed by atoms with van der Waals surface area (Å²) in [4.78, 5) is 29.3. The number of carboxylic acids is 1. The third kappa shape index (κ3) is 4.58. The monoisotopic (exact) mass is 331 g/mol. The second-order valence-corrected chi connectivity index (χ2v) is 6.25. The Morgan fingerprint density at radius 1 is 1.29 bits per heavy atom. The quantitative estimate of drug-likeness (QED) is 0.883. The Hall–Kier alpha value is -2.83. The van der Waals surface area contributed by atoms with Crippen LogP contribution >= 0.6 is 0 Å². The molecule has 0 spiro atoms. The number of nitrogens with zero attached hydrogens (tertiary/aromatic N) is 2. The molecular weight excluding hydrogens is 310 g/mol. The first-order chi connectivity index (χ1) is 11.3. The summed E-state index contributed by atoms with van der Waals surface area (Å²) in [5.41, 5.74) is 0.711. The van der Waals surface area contributed by atoms with Gasteiger partial charge in [0.1, 0.15) is 5.60 Å². The van der Waals surface area contributed by atoms with Crippen LogP contribution in [-0.4, -0.2) is 46.6 Å². The SMILES string of the molecule is CC(C)(C)OC(=O)NC(C(=O)O)N1CC=NC=C1c1ccccc1. The molecule has 0 saturated heterocycles. The lowest BCUT2D eigenvalue weighted by atomic mass is 10.1. The van der Waals surface area contributed by atoms with Crippen LogP contribution in [0.4, 0.5) is 4.79 Å². The number of ether oxygens (including phenoxy) is 1. The van der Waals surface area contributed by atoms with Crippen LogP contribution in [0.15, 0.2) is 41.5 Å². The smallest absolute Gasteiger partial charge is 0.409 e. The molecule has 2 N–H and O–H groups in total. The Balaban J connectivity index is 2.23. The van der Waals surface area contributed by atoms with Gasteiger partial charge in [-0.1, -0.05) is 30.3 Å². The largest absolute Gasteiger partial charge is 0.478 e. The summed E-state index contributed by atoms with van der Waals surface area (Å²) < 4.78 is 5.16. The Bertz CT molecular complexity index is 662. The molecule has 7 nitrogen and oxygen atoms in total. The summed E-state index contributed by atoms with van der Waals surface area (Å²) in [5.74, 6) is -1.18. The van der Waals surface area contributed by atoms with E-state index in [9.17, 15) is 14.7 Å². The Labute approximate surface area is 140 Å². The number of aliphatic imine (C=N–C) groups is 1. The molecule has 0 aromatic heterocycles. The van der Waals surface area contributed by atoms with Gasteiger partial charge >= 0.3 is 12.1 Å². The maximum atomic E-state index is 12.0. The number of rotatable bonds is 4. The fourth-order valence-electron chi connectivity index (χ4n) is 2.22. The average molecular weight is 331 g/mol. The molecule has 1 unspecified atom stereocenters. The second kappa shape index (κ2) is 7.16. The van der Waals surface area contributed by atoms with Crippen molar-refractivity contribution in [2.75, 3.05) is 6.54 Å². The molecule has 2 rings (SSSR count). The lowest BCUT2D eigenvalue weighted by molar-refractivity contribution is -0.143. The number of alkyl carbamates (subject to hydrolysis) is 1. The zero-order valence-corrected chi connectivity index (χ0v) is 13.9. The highest BCUT2D eigenvalue weighted by Crippen LogP contribution is 2.23. The van der Waals surface area contributed by atoms with Crippen LogP contribution in [-0.2, 0) is 9.53 Å². The highest BCUT2D eigenvalue weighted by atomic mass is 16.6. The van der Waals surface area contributed by atoms with Gasteiger partial charge in [-0.2, -0.15) is 0 Å². The summed E-state index contributed by atoms with van der Waals surface area (Å²) in [6.45, 7) is 5.40. The van der Waals surface area contributed by atoms with E-state index in [4.69, 9.17) is 4.74 Å². The van der Waals surface area contributed by atoms with Crippen molar-refractivity contribution in [1.29, 1.82) is 0 Å². The first-order valence-electron chi connectivity index (χ1n) is 7.54. The summed E-state index contributed by atoms with van der Waals surface area (Å²) in [6.07, 6.45) is 1.10. The van der Waals surface area contributed by atoms with Gasteiger partial charge in [-0.15, -0.1) is 0 Å². The van der Waals surface area contributed by atoms with Crippen molar-refractivity contribution in [2.45, 2.75) is 32.5 Å². The minimum absolute atomic E-state index is 0.257. The van der Waals surface area contributed by atoms with Crippen molar-refractivity contribution in [1.82, 2.24) is 10.2 Å². The van der Waals surface area contributed by atoms with Crippen molar-refractivity contribution < 1.29 is 19.4 Å². The van der Waals surface area contributed by atoms with E-state index in [1.807, 2.05) is 30.3 Å². The first kappa shape index (κ1) is 17.5. The molecule has 0 radical (unpaired) electrons. The van der Waals surface area contributed by atoms with Crippen LogP contribution in [0.2, 0.25) is 0 Å². The van der Waals surface area contributed by atoms with E-state index in [1.54, 1.807) is 38.1 Å². The number of hydrogen-bond acceptors (Lipinski definition) is 5. The van der Waals surface area contributed by atoms with Crippen LogP contribution in [0.25, 0.3) is 5.70 Å². The van der Waals surface area contributed by atoms with Crippen LogP contribution in [0, 0.1) is 0 Å². The number of nitrogens with one attached hydrogen (secondary N) is 1. The number of carbonyl (C=O) groups is 2. The van der Waals surface area contributed by atoms with Gasteiger partial charge in [0.25, 0.3) is 0 Å². The summed E-state index contributed by atoms with van der Waals surface area (Å²) in [5, 5.41) is 12.0. The van der Waals surface area contributed by atoms with E-state index in [-0.39, 0.29) is 6.54 Å². The van der Waals surface area contributed by atoms with E-state index in [2.05, 4.69) is 10.3 Å². The van der Waals surface area contributed by atoms with Crippen molar-refractivity contribution in [3.8, 4) is 0 Å². The van der Waals surface area contributed by atoms with Gasteiger partial charge in [0.2, 0.25) is 6.17 Å². The molecule has 0 saturated carbocycles.